The molecular formula is C18H32Cl2N6O. The topological polar surface area (TPSA) is 87.4 Å². The molecule has 9 heteroatoms. The predicted octanol–water partition coefficient (Wildman–Crippen LogP) is 1.99. The second kappa shape index (κ2) is 11.5. The van der Waals surface area contributed by atoms with Crippen molar-refractivity contribution in [2.24, 2.45) is 11.7 Å². The van der Waals surface area contributed by atoms with E-state index >= 15 is 0 Å². The van der Waals surface area contributed by atoms with Crippen molar-refractivity contribution < 1.29 is 4.79 Å². The number of anilines is 2. The zero-order valence-corrected chi connectivity index (χ0v) is 17.6. The lowest BCUT2D eigenvalue weighted by Gasteiger charge is -2.28. The molecule has 27 heavy (non-hydrogen) atoms. The van der Waals surface area contributed by atoms with Gasteiger partial charge in [-0.2, -0.15) is 0 Å². The van der Waals surface area contributed by atoms with Gasteiger partial charge in [0.15, 0.2) is 0 Å². The molecule has 2 fully saturated rings. The number of nitrogens with two attached hydrogens (primary N) is 1. The third-order valence-corrected chi connectivity index (χ3v) is 5.27. The fraction of sp³-hybridized carbons (Fsp3) is 0.722. The van der Waals surface area contributed by atoms with Gasteiger partial charge in [0, 0.05) is 32.2 Å². The zero-order valence-electron chi connectivity index (χ0n) is 16.0. The number of hydrogen-bond acceptors (Lipinski definition) is 6. The molecule has 0 saturated carbocycles. The first-order chi connectivity index (χ1) is 12.2. The quantitative estimate of drug-likeness (QED) is 0.734. The molecule has 1 aromatic rings. The Bertz CT molecular complexity index is 585. The molecule has 0 radical (unpaired) electrons. The normalized spacial score (nSPS) is 22.0. The summed E-state index contributed by atoms with van der Waals surface area (Å²) in [6, 6.07) is 2.24. The largest absolute Gasteiger partial charge is 0.356 e. The Kier molecular flexibility index (Phi) is 10.1. The molecule has 0 spiro atoms. The maximum atomic E-state index is 11.7. The van der Waals surface area contributed by atoms with Crippen LogP contribution in [0.2, 0.25) is 0 Å². The summed E-state index contributed by atoms with van der Waals surface area (Å²) in [6.07, 6.45) is 7.64. The molecule has 3 rings (SSSR count). The summed E-state index contributed by atoms with van der Waals surface area (Å²) >= 11 is 0. The number of carbonyl (C=O) groups is 1. The third-order valence-electron chi connectivity index (χ3n) is 5.27. The van der Waals surface area contributed by atoms with Crippen molar-refractivity contribution in [3.63, 3.8) is 0 Å². The Morgan fingerprint density at radius 1 is 1.15 bits per heavy atom. The van der Waals surface area contributed by atoms with Crippen molar-refractivity contribution in [3.8, 4) is 0 Å². The van der Waals surface area contributed by atoms with Crippen LogP contribution in [0, 0.1) is 5.92 Å². The van der Waals surface area contributed by atoms with Gasteiger partial charge in [0.05, 0.1) is 12.6 Å². The van der Waals surface area contributed by atoms with E-state index in [2.05, 4.69) is 38.1 Å². The number of halogens is 2. The van der Waals surface area contributed by atoms with Gasteiger partial charge in [0.2, 0.25) is 5.91 Å². The Balaban J connectivity index is 0.00000182. The van der Waals surface area contributed by atoms with Crippen LogP contribution in [0.5, 0.6) is 0 Å². The van der Waals surface area contributed by atoms with E-state index in [0.29, 0.717) is 5.92 Å². The van der Waals surface area contributed by atoms with Gasteiger partial charge in [-0.25, -0.2) is 9.97 Å². The summed E-state index contributed by atoms with van der Waals surface area (Å²) in [5, 5.41) is 3.08. The smallest absolute Gasteiger partial charge is 0.234 e. The van der Waals surface area contributed by atoms with Gasteiger partial charge >= 0.3 is 0 Å². The number of amides is 1. The summed E-state index contributed by atoms with van der Waals surface area (Å²) in [6.45, 7) is 6.08. The molecular weight excluding hydrogens is 387 g/mol. The molecule has 1 aromatic heterocycles. The molecule has 0 aliphatic carbocycles. The van der Waals surface area contributed by atoms with E-state index in [9.17, 15) is 4.79 Å². The van der Waals surface area contributed by atoms with Crippen LogP contribution in [-0.2, 0) is 4.79 Å². The average molecular weight is 419 g/mol. The van der Waals surface area contributed by atoms with E-state index in [-0.39, 0.29) is 43.3 Å². The minimum Gasteiger partial charge on any atom is -0.356 e. The maximum Gasteiger partial charge on any atom is 0.234 e. The highest BCUT2D eigenvalue weighted by Crippen LogP contribution is 2.28. The summed E-state index contributed by atoms with van der Waals surface area (Å²) in [5.74, 6) is 2.34. The Morgan fingerprint density at radius 3 is 2.44 bits per heavy atom. The number of nitrogens with zero attached hydrogens (tertiary/aromatic N) is 4. The van der Waals surface area contributed by atoms with E-state index in [4.69, 9.17) is 5.73 Å². The number of hydrogen-bond donors (Lipinski definition) is 2. The summed E-state index contributed by atoms with van der Waals surface area (Å²) < 4.78 is 0. The van der Waals surface area contributed by atoms with Gasteiger partial charge in [-0.1, -0.05) is 13.3 Å². The molecule has 3 heterocycles. The van der Waals surface area contributed by atoms with Gasteiger partial charge in [-0.15, -0.1) is 24.8 Å². The third kappa shape index (κ3) is 6.09. The molecule has 2 atom stereocenters. The first-order valence-electron chi connectivity index (χ1n) is 9.52. The standard InChI is InChI=1S/C18H30N6O.2ClH/c1-2-6-14-11-24(12-15(14)22-18(25)10-19)17-9-16(20-13-21-17)23-7-4-3-5-8-23;;/h9,13-15H,2-8,10-12,19H2,1H3,(H,22,25);2*1H/t14-,15-;;/m0../s1. The number of rotatable bonds is 6. The zero-order chi connectivity index (χ0) is 17.6. The van der Waals surface area contributed by atoms with Crippen molar-refractivity contribution in [3.05, 3.63) is 12.4 Å². The predicted molar refractivity (Wildman–Crippen MR) is 114 cm³/mol. The first kappa shape index (κ1) is 23.7. The fourth-order valence-electron chi connectivity index (χ4n) is 3.96. The van der Waals surface area contributed by atoms with E-state index in [0.717, 1.165) is 50.7 Å². The van der Waals surface area contributed by atoms with Crippen molar-refractivity contribution in [1.82, 2.24) is 15.3 Å². The summed E-state index contributed by atoms with van der Waals surface area (Å²) in [5.41, 5.74) is 5.47. The molecule has 154 valence electrons. The fourth-order valence-corrected chi connectivity index (χ4v) is 3.96. The van der Waals surface area contributed by atoms with Crippen LogP contribution in [0.25, 0.3) is 0 Å². The van der Waals surface area contributed by atoms with Crippen molar-refractivity contribution in [1.29, 1.82) is 0 Å². The van der Waals surface area contributed by atoms with Crippen LogP contribution in [-0.4, -0.2) is 54.6 Å². The van der Waals surface area contributed by atoms with Crippen molar-refractivity contribution in [2.75, 3.05) is 42.5 Å². The molecule has 0 aromatic carbocycles. The van der Waals surface area contributed by atoms with E-state index in [1.54, 1.807) is 6.33 Å². The monoisotopic (exact) mass is 418 g/mol. The van der Waals surface area contributed by atoms with Crippen LogP contribution in [0.15, 0.2) is 12.4 Å². The lowest BCUT2D eigenvalue weighted by molar-refractivity contribution is -0.120. The van der Waals surface area contributed by atoms with Crippen LogP contribution < -0.4 is 20.9 Å². The second-order valence-electron chi connectivity index (χ2n) is 7.11. The van der Waals surface area contributed by atoms with Crippen molar-refractivity contribution >= 4 is 42.4 Å². The molecule has 1 amide bonds. The SMILES string of the molecule is CCC[C@H]1CN(c2cc(N3CCCCC3)ncn2)C[C@@H]1NC(=O)CN.Cl.Cl. The lowest BCUT2D eigenvalue weighted by Crippen LogP contribution is -2.43. The number of carbonyl (C=O) groups excluding carboxylic acids is 1. The minimum atomic E-state index is -0.0790. The molecule has 2 aliphatic rings. The van der Waals surface area contributed by atoms with E-state index in [1.165, 1.54) is 19.3 Å². The van der Waals surface area contributed by atoms with Gasteiger partial charge in [-0.05, 0) is 31.6 Å². The number of aromatic nitrogens is 2. The van der Waals surface area contributed by atoms with E-state index in [1.807, 2.05) is 0 Å². The van der Waals surface area contributed by atoms with Gasteiger partial charge in [0.25, 0.3) is 0 Å². The minimum absolute atomic E-state index is 0. The maximum absolute atomic E-state index is 11.7. The Hall–Kier alpha value is -1.31. The highest BCUT2D eigenvalue weighted by atomic mass is 35.5. The van der Waals surface area contributed by atoms with Gasteiger partial charge < -0.3 is 20.9 Å². The molecule has 7 nitrogen and oxygen atoms in total. The molecule has 2 aliphatic heterocycles. The average Bonchev–Trinajstić information content (AvgIpc) is 3.05. The van der Waals surface area contributed by atoms with Crippen molar-refractivity contribution in [2.45, 2.75) is 45.1 Å². The first-order valence-corrected chi connectivity index (χ1v) is 9.52. The molecule has 2 saturated heterocycles. The van der Waals surface area contributed by atoms with Crippen LogP contribution in [0.3, 0.4) is 0 Å². The Morgan fingerprint density at radius 2 is 1.81 bits per heavy atom. The number of nitrogens with one attached hydrogen (secondary N) is 1. The molecule has 0 unspecified atom stereocenters. The van der Waals surface area contributed by atoms with Crippen LogP contribution in [0.4, 0.5) is 11.6 Å². The highest BCUT2D eigenvalue weighted by Gasteiger charge is 2.33. The molecule has 3 N–H and O–H groups in total. The summed E-state index contributed by atoms with van der Waals surface area (Å²) in [7, 11) is 0. The van der Waals surface area contributed by atoms with Crippen LogP contribution >= 0.6 is 24.8 Å². The number of piperidine rings is 1. The van der Waals surface area contributed by atoms with E-state index < -0.39 is 0 Å². The van der Waals surface area contributed by atoms with Gasteiger partial charge in [0.1, 0.15) is 18.0 Å². The highest BCUT2D eigenvalue weighted by molar-refractivity contribution is 5.85. The van der Waals surface area contributed by atoms with Gasteiger partial charge in [-0.3, -0.25) is 4.79 Å². The molecule has 0 bridgehead atoms. The second-order valence-corrected chi connectivity index (χ2v) is 7.11. The van der Waals surface area contributed by atoms with Crippen LogP contribution in [0.1, 0.15) is 39.0 Å². The summed E-state index contributed by atoms with van der Waals surface area (Å²) in [4.78, 5) is 25.3. The lowest BCUT2D eigenvalue weighted by atomic mass is 9.98. The Labute approximate surface area is 174 Å².